The van der Waals surface area contributed by atoms with E-state index in [0.717, 1.165) is 0 Å². The molecule has 1 aromatic carbocycles. The molecule has 0 unspecified atom stereocenters. The molecule has 2 N–H and O–H groups in total. The van der Waals surface area contributed by atoms with Gasteiger partial charge in [-0.3, -0.25) is 4.99 Å². The van der Waals surface area contributed by atoms with Gasteiger partial charge in [0.25, 0.3) is 0 Å². The fourth-order valence-corrected chi connectivity index (χ4v) is 2.67. The SMILES string of the molecule is COCCN=C(C)/C(=C\N)c1ccc(B2OC(C)(C)C(C)(C)O2)cc1F. The van der Waals surface area contributed by atoms with Crippen molar-refractivity contribution in [2.24, 2.45) is 10.7 Å². The van der Waals surface area contributed by atoms with Crippen molar-refractivity contribution in [2.45, 2.75) is 45.8 Å². The second-order valence-corrected chi connectivity index (χ2v) is 7.37. The number of hydrogen-bond donors (Lipinski definition) is 1. The molecule has 0 aromatic heterocycles. The molecule has 0 spiro atoms. The van der Waals surface area contributed by atoms with Crippen LogP contribution in [0.15, 0.2) is 29.4 Å². The Morgan fingerprint density at radius 2 is 1.88 bits per heavy atom. The monoisotopic (exact) mass is 362 g/mol. The van der Waals surface area contributed by atoms with Crippen LogP contribution in [0.3, 0.4) is 0 Å². The number of benzene rings is 1. The van der Waals surface area contributed by atoms with Crippen LogP contribution >= 0.6 is 0 Å². The molecular weight excluding hydrogens is 334 g/mol. The maximum absolute atomic E-state index is 14.8. The molecule has 1 aliphatic rings. The second-order valence-electron chi connectivity index (χ2n) is 7.37. The largest absolute Gasteiger partial charge is 0.494 e. The van der Waals surface area contributed by atoms with E-state index in [9.17, 15) is 4.39 Å². The maximum Gasteiger partial charge on any atom is 0.494 e. The number of allylic oxidation sites excluding steroid dienone is 1. The van der Waals surface area contributed by atoms with Gasteiger partial charge in [-0.05, 0) is 46.1 Å². The molecular formula is C19H28BFN2O3. The Kier molecular flexibility index (Phi) is 6.27. The molecule has 1 fully saturated rings. The molecule has 1 heterocycles. The van der Waals surface area contributed by atoms with E-state index in [1.54, 1.807) is 26.2 Å². The van der Waals surface area contributed by atoms with Crippen molar-refractivity contribution in [2.75, 3.05) is 20.3 Å². The predicted molar refractivity (Wildman–Crippen MR) is 104 cm³/mol. The van der Waals surface area contributed by atoms with E-state index in [2.05, 4.69) is 4.99 Å². The Morgan fingerprint density at radius 3 is 2.38 bits per heavy atom. The molecule has 5 nitrogen and oxygen atoms in total. The lowest BCUT2D eigenvalue weighted by Gasteiger charge is -2.32. The summed E-state index contributed by atoms with van der Waals surface area (Å²) in [4.78, 5) is 4.37. The summed E-state index contributed by atoms with van der Waals surface area (Å²) in [6, 6.07) is 4.92. The molecule has 0 aliphatic carbocycles. The van der Waals surface area contributed by atoms with Gasteiger partial charge in [0, 0.05) is 30.2 Å². The van der Waals surface area contributed by atoms with Gasteiger partial charge in [0.1, 0.15) is 5.82 Å². The minimum absolute atomic E-state index is 0.393. The number of aliphatic imine (C=N–C) groups is 1. The summed E-state index contributed by atoms with van der Waals surface area (Å²) in [6.07, 6.45) is 1.37. The Balaban J connectivity index is 2.26. The van der Waals surface area contributed by atoms with Gasteiger partial charge in [-0.1, -0.05) is 12.1 Å². The van der Waals surface area contributed by atoms with Crippen LogP contribution in [0.4, 0.5) is 4.39 Å². The Labute approximate surface area is 155 Å². The van der Waals surface area contributed by atoms with Crippen LogP contribution in [0, 0.1) is 5.82 Å². The van der Waals surface area contributed by atoms with Crippen LogP contribution in [0.5, 0.6) is 0 Å². The Bertz CT molecular complexity index is 701. The quantitative estimate of drug-likeness (QED) is 0.480. The first-order valence-corrected chi connectivity index (χ1v) is 8.70. The third-order valence-corrected chi connectivity index (χ3v) is 5.01. The average molecular weight is 362 g/mol. The molecule has 0 saturated carbocycles. The zero-order valence-electron chi connectivity index (χ0n) is 16.4. The maximum atomic E-state index is 14.8. The molecule has 1 aromatic rings. The zero-order valence-corrected chi connectivity index (χ0v) is 16.4. The standard InChI is InChI=1S/C19H28BFN2O3/c1-13(23-9-10-24-6)16(12-22)15-8-7-14(11-17(15)21)20-25-18(2,3)19(4,5)26-20/h7-8,11-12H,9-10,22H2,1-6H3/b16-12+,23-13?. The van der Waals surface area contributed by atoms with Crippen LogP contribution < -0.4 is 11.2 Å². The van der Waals surface area contributed by atoms with E-state index in [1.807, 2.05) is 27.7 Å². The molecule has 26 heavy (non-hydrogen) atoms. The van der Waals surface area contributed by atoms with E-state index in [1.165, 1.54) is 12.3 Å². The number of ether oxygens (including phenoxy) is 1. The average Bonchev–Trinajstić information content (AvgIpc) is 2.78. The smallest absolute Gasteiger partial charge is 0.404 e. The summed E-state index contributed by atoms with van der Waals surface area (Å²) < 4.78 is 31.7. The third-order valence-electron chi connectivity index (χ3n) is 5.01. The van der Waals surface area contributed by atoms with Crippen molar-refractivity contribution >= 4 is 23.9 Å². The van der Waals surface area contributed by atoms with Crippen molar-refractivity contribution in [1.29, 1.82) is 0 Å². The lowest BCUT2D eigenvalue weighted by Crippen LogP contribution is -2.41. The van der Waals surface area contributed by atoms with Gasteiger partial charge in [-0.15, -0.1) is 0 Å². The topological polar surface area (TPSA) is 66.1 Å². The second kappa shape index (κ2) is 7.90. The van der Waals surface area contributed by atoms with Crippen molar-refractivity contribution in [3.05, 3.63) is 35.8 Å². The van der Waals surface area contributed by atoms with Crippen LogP contribution in [-0.2, 0) is 14.0 Å². The lowest BCUT2D eigenvalue weighted by molar-refractivity contribution is 0.00578. The zero-order chi connectivity index (χ0) is 19.5. The molecule has 1 aliphatic heterocycles. The van der Waals surface area contributed by atoms with Gasteiger partial charge < -0.3 is 19.8 Å². The molecule has 0 bridgehead atoms. The van der Waals surface area contributed by atoms with Gasteiger partial charge in [-0.2, -0.15) is 0 Å². The van der Waals surface area contributed by atoms with Gasteiger partial charge in [0.05, 0.1) is 24.4 Å². The highest BCUT2D eigenvalue weighted by molar-refractivity contribution is 6.62. The summed E-state index contributed by atoms with van der Waals surface area (Å²) in [5.41, 5.74) is 7.02. The highest BCUT2D eigenvalue weighted by Gasteiger charge is 2.51. The van der Waals surface area contributed by atoms with Gasteiger partial charge in [0.2, 0.25) is 0 Å². The van der Waals surface area contributed by atoms with Crippen molar-refractivity contribution < 1.29 is 18.4 Å². The number of nitrogens with zero attached hydrogens (tertiary/aromatic N) is 1. The predicted octanol–water partition coefficient (Wildman–Crippen LogP) is 2.53. The van der Waals surface area contributed by atoms with Crippen molar-refractivity contribution in [1.82, 2.24) is 0 Å². The van der Waals surface area contributed by atoms with Gasteiger partial charge >= 0.3 is 7.12 Å². The first-order valence-electron chi connectivity index (χ1n) is 8.70. The number of nitrogens with two attached hydrogens (primary N) is 1. The van der Waals surface area contributed by atoms with E-state index < -0.39 is 24.1 Å². The molecule has 0 amide bonds. The normalized spacial score (nSPS) is 19.9. The van der Waals surface area contributed by atoms with Crippen LogP contribution in [0.1, 0.15) is 40.2 Å². The fourth-order valence-electron chi connectivity index (χ4n) is 2.67. The van der Waals surface area contributed by atoms with E-state index >= 15 is 0 Å². The fraction of sp³-hybridized carbons (Fsp3) is 0.526. The van der Waals surface area contributed by atoms with Crippen LogP contribution in [-0.4, -0.2) is 44.3 Å². The van der Waals surface area contributed by atoms with E-state index in [-0.39, 0.29) is 0 Å². The van der Waals surface area contributed by atoms with Gasteiger partial charge in [-0.25, -0.2) is 4.39 Å². The number of rotatable bonds is 6. The van der Waals surface area contributed by atoms with Crippen molar-refractivity contribution in [3.8, 4) is 0 Å². The number of hydrogen-bond acceptors (Lipinski definition) is 5. The molecule has 7 heteroatoms. The Hall–Kier alpha value is -1.70. The minimum Gasteiger partial charge on any atom is -0.404 e. The summed E-state index contributed by atoms with van der Waals surface area (Å²) in [7, 11) is 1.00. The van der Waals surface area contributed by atoms with Gasteiger partial charge in [0.15, 0.2) is 0 Å². The summed E-state index contributed by atoms with van der Waals surface area (Å²) in [5.74, 6) is -0.393. The molecule has 0 atom stereocenters. The molecule has 0 radical (unpaired) electrons. The van der Waals surface area contributed by atoms with Crippen LogP contribution in [0.25, 0.3) is 5.57 Å². The summed E-state index contributed by atoms with van der Waals surface area (Å²) >= 11 is 0. The highest BCUT2D eigenvalue weighted by atomic mass is 19.1. The minimum atomic E-state index is -0.606. The summed E-state index contributed by atoms with van der Waals surface area (Å²) in [6.45, 7) is 10.7. The first kappa shape index (κ1) is 20.6. The van der Waals surface area contributed by atoms with E-state index in [0.29, 0.717) is 35.5 Å². The first-order chi connectivity index (χ1) is 12.1. The highest BCUT2D eigenvalue weighted by Crippen LogP contribution is 2.36. The molecule has 2 rings (SSSR count). The molecule has 1 saturated heterocycles. The number of methoxy groups -OCH3 is 1. The lowest BCUT2D eigenvalue weighted by atomic mass is 9.78. The van der Waals surface area contributed by atoms with Crippen LogP contribution in [0.2, 0.25) is 0 Å². The Morgan fingerprint density at radius 1 is 1.27 bits per heavy atom. The number of halogens is 1. The molecule has 142 valence electrons. The van der Waals surface area contributed by atoms with E-state index in [4.69, 9.17) is 19.8 Å². The third kappa shape index (κ3) is 4.16. The van der Waals surface area contributed by atoms with Crippen molar-refractivity contribution in [3.63, 3.8) is 0 Å². The summed E-state index contributed by atoms with van der Waals surface area (Å²) in [5, 5.41) is 0.